The number of hydrogen-bond donors (Lipinski definition) is 2. The predicted octanol–water partition coefficient (Wildman–Crippen LogP) is 5.82. The summed E-state index contributed by atoms with van der Waals surface area (Å²) in [6, 6.07) is 19.3. The van der Waals surface area contributed by atoms with Crippen molar-refractivity contribution in [2.45, 2.75) is 103 Å². The fourth-order valence-corrected chi connectivity index (χ4v) is 6.02. The van der Waals surface area contributed by atoms with Crippen molar-refractivity contribution in [3.63, 3.8) is 0 Å². The van der Waals surface area contributed by atoms with Gasteiger partial charge in [0.2, 0.25) is 11.8 Å². The van der Waals surface area contributed by atoms with E-state index in [4.69, 9.17) is 19.9 Å². The highest BCUT2D eigenvalue weighted by Gasteiger charge is 2.46. The van der Waals surface area contributed by atoms with Crippen LogP contribution in [-0.2, 0) is 43.3 Å². The molecule has 1 aliphatic rings. The van der Waals surface area contributed by atoms with Crippen LogP contribution in [0, 0.1) is 11.7 Å². The normalized spacial score (nSPS) is 14.9. The number of hydrogen-bond acceptors (Lipinski definition) is 8. The van der Waals surface area contributed by atoms with Crippen molar-refractivity contribution in [3.8, 4) is 5.75 Å². The van der Waals surface area contributed by atoms with Crippen LogP contribution in [0.15, 0.2) is 78.9 Å². The fraction of sp³-hybridized carbons (Fsp3) is 0.476. The van der Waals surface area contributed by atoms with Crippen LogP contribution < -0.4 is 15.8 Å². The van der Waals surface area contributed by atoms with Gasteiger partial charge in [0.05, 0.1) is 6.54 Å². The lowest BCUT2D eigenvalue weighted by Crippen LogP contribution is -2.58. The molecule has 12 heteroatoms. The van der Waals surface area contributed by atoms with E-state index in [-0.39, 0.29) is 25.5 Å². The Bertz CT molecular complexity index is 1690. The van der Waals surface area contributed by atoms with Crippen LogP contribution in [0.5, 0.6) is 5.75 Å². The summed E-state index contributed by atoms with van der Waals surface area (Å²) in [5.41, 5.74) is 7.29. The molecule has 0 saturated heterocycles. The molecule has 4 rings (SSSR count). The number of nitrogens with two attached hydrogens (primary N) is 1. The standard InChI is InChI=1S/C42H55FN4O7/c1-28(53-36-17-11-10-15-32(36)16-12-24-44)26-47(41(51)54-42(3,4)5)37(33-20-21-33)39(49)46(6)29(2)38(48)45-35(25-30-18-22-34(43)23-19-30)40(50)52-27-31-13-8-7-9-14-31/h7-11,13-15,17-19,22-23,28-29,33,35,37H,12,16,20-21,24-27,44H2,1-6H3,(H,45,48)/t28-,29-,35-,37+/m1/s1. The molecule has 0 bridgehead atoms. The number of benzene rings is 3. The Morgan fingerprint density at radius 2 is 1.57 bits per heavy atom. The number of para-hydroxylation sites is 1. The molecule has 3 aromatic rings. The minimum absolute atomic E-state index is 0.00556. The van der Waals surface area contributed by atoms with Crippen LogP contribution >= 0.6 is 0 Å². The number of nitrogens with zero attached hydrogens (tertiary/aromatic N) is 2. The third kappa shape index (κ3) is 12.6. The fourth-order valence-electron chi connectivity index (χ4n) is 6.02. The number of halogens is 1. The van der Waals surface area contributed by atoms with Gasteiger partial charge >= 0.3 is 12.1 Å². The summed E-state index contributed by atoms with van der Waals surface area (Å²) >= 11 is 0. The number of aryl methyl sites for hydroxylation is 1. The molecule has 0 heterocycles. The number of nitrogens with one attached hydrogen (secondary N) is 1. The minimum Gasteiger partial charge on any atom is -0.489 e. The molecule has 0 unspecified atom stereocenters. The molecule has 292 valence electrons. The molecule has 54 heavy (non-hydrogen) atoms. The van der Waals surface area contributed by atoms with Crippen LogP contribution in [0.3, 0.4) is 0 Å². The average Bonchev–Trinajstić information content (AvgIpc) is 3.98. The van der Waals surface area contributed by atoms with Gasteiger partial charge in [-0.25, -0.2) is 14.0 Å². The highest BCUT2D eigenvalue weighted by molar-refractivity contribution is 5.93. The maximum absolute atomic E-state index is 14.4. The number of carbonyl (C=O) groups excluding carboxylic acids is 4. The van der Waals surface area contributed by atoms with Gasteiger partial charge in [-0.3, -0.25) is 14.5 Å². The molecular formula is C42H55FN4O7. The van der Waals surface area contributed by atoms with Crippen LogP contribution in [0.25, 0.3) is 0 Å². The summed E-state index contributed by atoms with van der Waals surface area (Å²) in [7, 11) is 1.51. The lowest BCUT2D eigenvalue weighted by atomic mass is 10.0. The van der Waals surface area contributed by atoms with Crippen molar-refractivity contribution in [3.05, 3.63) is 101 Å². The summed E-state index contributed by atoms with van der Waals surface area (Å²) in [6.45, 7) is 9.26. The highest BCUT2D eigenvalue weighted by Crippen LogP contribution is 2.37. The van der Waals surface area contributed by atoms with Gasteiger partial charge in [0.1, 0.15) is 48.0 Å². The second-order valence-electron chi connectivity index (χ2n) is 15.0. The van der Waals surface area contributed by atoms with Gasteiger partial charge in [-0.15, -0.1) is 0 Å². The second-order valence-corrected chi connectivity index (χ2v) is 15.0. The number of ether oxygens (including phenoxy) is 3. The van der Waals surface area contributed by atoms with Gasteiger partial charge in [-0.05, 0) is 108 Å². The Labute approximate surface area is 318 Å². The first-order valence-corrected chi connectivity index (χ1v) is 18.6. The van der Waals surface area contributed by atoms with Crippen molar-refractivity contribution in [2.75, 3.05) is 20.1 Å². The summed E-state index contributed by atoms with van der Waals surface area (Å²) in [5.74, 6) is -1.62. The van der Waals surface area contributed by atoms with E-state index < -0.39 is 59.5 Å². The Morgan fingerprint density at radius 3 is 2.20 bits per heavy atom. The third-order valence-corrected chi connectivity index (χ3v) is 9.18. The van der Waals surface area contributed by atoms with E-state index in [1.807, 2.05) is 61.5 Å². The number of amides is 3. The smallest absolute Gasteiger partial charge is 0.411 e. The highest BCUT2D eigenvalue weighted by atomic mass is 19.1. The van der Waals surface area contributed by atoms with Gasteiger partial charge in [0.15, 0.2) is 0 Å². The zero-order chi connectivity index (χ0) is 39.4. The van der Waals surface area contributed by atoms with Crippen molar-refractivity contribution < 1.29 is 37.8 Å². The van der Waals surface area contributed by atoms with Crippen LogP contribution in [0.1, 0.15) is 70.6 Å². The van der Waals surface area contributed by atoms with E-state index in [1.54, 1.807) is 27.7 Å². The molecule has 3 N–H and O–H groups in total. The first-order chi connectivity index (χ1) is 25.7. The first kappa shape index (κ1) is 41.8. The number of likely N-dealkylation sites (N-methyl/N-ethyl adjacent to an activating group) is 1. The quantitative estimate of drug-likeness (QED) is 0.155. The van der Waals surface area contributed by atoms with E-state index in [1.165, 1.54) is 41.1 Å². The largest absolute Gasteiger partial charge is 0.489 e. The molecule has 0 radical (unpaired) electrons. The molecule has 3 aromatic carbocycles. The van der Waals surface area contributed by atoms with Crippen molar-refractivity contribution >= 4 is 23.9 Å². The van der Waals surface area contributed by atoms with Crippen molar-refractivity contribution in [2.24, 2.45) is 11.7 Å². The summed E-state index contributed by atoms with van der Waals surface area (Å²) in [5, 5.41) is 2.76. The van der Waals surface area contributed by atoms with Gasteiger partial charge in [0, 0.05) is 13.5 Å². The van der Waals surface area contributed by atoms with E-state index in [0.29, 0.717) is 30.7 Å². The van der Waals surface area contributed by atoms with E-state index in [9.17, 15) is 23.6 Å². The maximum Gasteiger partial charge on any atom is 0.411 e. The number of carbonyl (C=O) groups is 4. The van der Waals surface area contributed by atoms with E-state index in [2.05, 4.69) is 5.32 Å². The molecule has 3 amide bonds. The lowest BCUT2D eigenvalue weighted by molar-refractivity contribution is -0.150. The van der Waals surface area contributed by atoms with E-state index in [0.717, 1.165) is 24.0 Å². The SMILES string of the molecule is C[C@H](CN(C(=O)OC(C)(C)C)[C@H](C(=O)N(C)[C@H](C)C(=O)N[C@H](Cc1ccc(F)cc1)C(=O)OCc1ccccc1)C1CC1)Oc1ccccc1CCCN. The maximum atomic E-state index is 14.4. The second kappa shape index (κ2) is 19.4. The number of rotatable bonds is 18. The van der Waals surface area contributed by atoms with Crippen LogP contribution in [0.4, 0.5) is 9.18 Å². The van der Waals surface area contributed by atoms with Crippen LogP contribution in [-0.4, -0.2) is 83.6 Å². The molecule has 4 atom stereocenters. The molecular weight excluding hydrogens is 691 g/mol. The molecule has 0 aromatic heterocycles. The third-order valence-electron chi connectivity index (χ3n) is 9.18. The van der Waals surface area contributed by atoms with Crippen LogP contribution in [0.2, 0.25) is 0 Å². The van der Waals surface area contributed by atoms with Crippen molar-refractivity contribution in [1.29, 1.82) is 0 Å². The Balaban J connectivity index is 1.53. The van der Waals surface area contributed by atoms with E-state index >= 15 is 0 Å². The van der Waals surface area contributed by atoms with Crippen molar-refractivity contribution in [1.82, 2.24) is 15.1 Å². The zero-order valence-electron chi connectivity index (χ0n) is 32.3. The van der Waals surface area contributed by atoms with Gasteiger partial charge < -0.3 is 30.2 Å². The monoisotopic (exact) mass is 746 g/mol. The molecule has 0 aliphatic heterocycles. The molecule has 1 fully saturated rings. The predicted molar refractivity (Wildman–Crippen MR) is 204 cm³/mol. The van der Waals surface area contributed by atoms with Gasteiger partial charge in [-0.1, -0.05) is 60.7 Å². The summed E-state index contributed by atoms with van der Waals surface area (Å²) < 4.78 is 31.4. The lowest BCUT2D eigenvalue weighted by Gasteiger charge is -2.37. The van der Waals surface area contributed by atoms with Gasteiger partial charge in [-0.2, -0.15) is 0 Å². The Hall–Kier alpha value is -4.97. The summed E-state index contributed by atoms with van der Waals surface area (Å²) in [6.07, 6.45) is 1.81. The first-order valence-electron chi connectivity index (χ1n) is 18.6. The minimum atomic E-state index is -1.12. The average molecular weight is 747 g/mol. The molecule has 1 aliphatic carbocycles. The molecule has 1 saturated carbocycles. The topological polar surface area (TPSA) is 141 Å². The molecule has 0 spiro atoms. The zero-order valence-corrected chi connectivity index (χ0v) is 32.3. The Kier molecular flexibility index (Phi) is 15.0. The molecule has 11 nitrogen and oxygen atoms in total. The van der Waals surface area contributed by atoms with Gasteiger partial charge in [0.25, 0.3) is 0 Å². The number of esters is 1. The Morgan fingerprint density at radius 1 is 0.926 bits per heavy atom. The summed E-state index contributed by atoms with van der Waals surface area (Å²) in [4.78, 5) is 58.2.